The van der Waals surface area contributed by atoms with E-state index in [-0.39, 0.29) is 18.8 Å². The van der Waals surface area contributed by atoms with Crippen molar-refractivity contribution in [1.82, 2.24) is 4.90 Å². The maximum Gasteiger partial charge on any atom is 0.327 e. The lowest BCUT2D eigenvalue weighted by Crippen LogP contribution is -2.43. The van der Waals surface area contributed by atoms with Crippen molar-refractivity contribution in [2.75, 3.05) is 25.9 Å². The molecule has 0 aromatic rings. The normalized spacial score (nSPS) is 25.2. The molecule has 1 fully saturated rings. The summed E-state index contributed by atoms with van der Waals surface area (Å²) >= 11 is 0. The van der Waals surface area contributed by atoms with Gasteiger partial charge in [-0.05, 0) is 19.4 Å². The Morgan fingerprint density at radius 2 is 2.07 bits per heavy atom. The Morgan fingerprint density at radius 1 is 1.36 bits per heavy atom. The number of hydrogen-bond acceptors (Lipinski definition) is 3. The summed E-state index contributed by atoms with van der Waals surface area (Å²) in [6.45, 7) is 1.41. The van der Waals surface area contributed by atoms with Gasteiger partial charge in [0.05, 0.1) is 12.8 Å². The highest BCUT2D eigenvalue weighted by Gasteiger charge is 2.28. The third-order valence-corrected chi connectivity index (χ3v) is 3.48. The molecule has 1 saturated heterocycles. The number of rotatable bonds is 4. The summed E-state index contributed by atoms with van der Waals surface area (Å²) in [6.07, 6.45) is 2.82. The molecule has 14 heavy (non-hydrogen) atoms. The van der Waals surface area contributed by atoms with Crippen molar-refractivity contribution in [2.24, 2.45) is 0 Å². The molecule has 0 aromatic carbocycles. The second-order valence-corrected chi connectivity index (χ2v) is 5.45. The molecule has 0 saturated carbocycles. The Kier molecular flexibility index (Phi) is 4.54. The number of β-amino-alcohol motifs (C(OH)–C–C–N with tert-alkyl or cyclic N) is 1. The monoisotopic (exact) mass is 223 g/mol. The molecule has 84 valence electrons. The van der Waals surface area contributed by atoms with Crippen LogP contribution in [-0.4, -0.2) is 51.7 Å². The van der Waals surface area contributed by atoms with E-state index in [0.717, 1.165) is 25.8 Å². The molecule has 0 aromatic heterocycles. The lowest BCUT2D eigenvalue weighted by Gasteiger charge is -2.35. The summed E-state index contributed by atoms with van der Waals surface area (Å²) in [5.74, 6) is 0. The lowest BCUT2D eigenvalue weighted by molar-refractivity contribution is 0.124. The minimum atomic E-state index is -3.92. The fourth-order valence-corrected chi connectivity index (χ4v) is 2.93. The highest BCUT2D eigenvalue weighted by molar-refractivity contribution is 7.51. The predicted octanol–water partition coefficient (Wildman–Crippen LogP) is 0.0109. The first-order valence-corrected chi connectivity index (χ1v) is 6.72. The van der Waals surface area contributed by atoms with Gasteiger partial charge in [0.2, 0.25) is 0 Å². The molecule has 1 rings (SSSR count). The second-order valence-electron chi connectivity index (χ2n) is 3.76. The molecule has 0 radical (unpaired) electrons. The minimum absolute atomic E-state index is 0.0532. The first-order valence-electron chi connectivity index (χ1n) is 4.92. The molecule has 1 unspecified atom stereocenters. The molecule has 1 heterocycles. The second kappa shape index (κ2) is 5.24. The van der Waals surface area contributed by atoms with Gasteiger partial charge < -0.3 is 14.9 Å². The number of likely N-dealkylation sites (tertiary alicyclic amines) is 1. The van der Waals surface area contributed by atoms with Gasteiger partial charge in [0, 0.05) is 12.6 Å². The van der Waals surface area contributed by atoms with Crippen LogP contribution in [0, 0.1) is 0 Å². The molecular formula is C8H18NO4P. The fraction of sp³-hybridized carbons (Fsp3) is 1.00. The molecule has 1 atom stereocenters. The average Bonchev–Trinajstić information content (AvgIpc) is 2.06. The Bertz CT molecular complexity index is 215. The summed E-state index contributed by atoms with van der Waals surface area (Å²) < 4.78 is 10.9. The number of nitrogens with zero attached hydrogens (tertiary/aromatic N) is 1. The van der Waals surface area contributed by atoms with E-state index < -0.39 is 7.60 Å². The van der Waals surface area contributed by atoms with Gasteiger partial charge in [0.25, 0.3) is 0 Å². The van der Waals surface area contributed by atoms with Crippen molar-refractivity contribution in [1.29, 1.82) is 0 Å². The average molecular weight is 223 g/mol. The maximum atomic E-state index is 10.9. The first kappa shape index (κ1) is 12.1. The van der Waals surface area contributed by atoms with Crippen molar-refractivity contribution in [3.8, 4) is 0 Å². The summed E-state index contributed by atoms with van der Waals surface area (Å²) in [5, 5.41) is 8.80. The van der Waals surface area contributed by atoms with Crippen molar-refractivity contribution < 1.29 is 19.5 Å². The van der Waals surface area contributed by atoms with Gasteiger partial charge in [0.15, 0.2) is 0 Å². The van der Waals surface area contributed by atoms with Gasteiger partial charge in [-0.25, -0.2) is 0 Å². The highest BCUT2D eigenvalue weighted by atomic mass is 31.2. The van der Waals surface area contributed by atoms with Crippen molar-refractivity contribution in [2.45, 2.75) is 25.3 Å². The predicted molar refractivity (Wildman–Crippen MR) is 53.2 cm³/mol. The number of hydrogen-bond donors (Lipinski definition) is 3. The van der Waals surface area contributed by atoms with Crippen LogP contribution < -0.4 is 0 Å². The van der Waals surface area contributed by atoms with Crippen LogP contribution in [0.5, 0.6) is 0 Å². The quantitative estimate of drug-likeness (QED) is 0.585. The van der Waals surface area contributed by atoms with E-state index in [1.54, 1.807) is 0 Å². The van der Waals surface area contributed by atoms with Crippen LogP contribution in [0.4, 0.5) is 0 Å². The Labute approximate surface area is 83.9 Å². The standard InChI is InChI=1S/C8H18NO4P/c10-6-5-9-4-2-1-3-8(9)7-14(11,12)13/h8,10H,1-7H2,(H2,11,12,13). The van der Waals surface area contributed by atoms with E-state index in [4.69, 9.17) is 14.9 Å². The van der Waals surface area contributed by atoms with Gasteiger partial charge in [0.1, 0.15) is 0 Å². The Hall–Kier alpha value is 0.0700. The first-order chi connectivity index (χ1) is 6.53. The number of piperidine rings is 1. The van der Waals surface area contributed by atoms with Gasteiger partial charge in [-0.15, -0.1) is 0 Å². The van der Waals surface area contributed by atoms with E-state index in [1.807, 2.05) is 4.90 Å². The number of aliphatic hydroxyl groups is 1. The molecule has 0 amide bonds. The zero-order valence-corrected chi connectivity index (χ0v) is 9.07. The Morgan fingerprint density at radius 3 is 2.64 bits per heavy atom. The van der Waals surface area contributed by atoms with E-state index in [2.05, 4.69) is 0 Å². The minimum Gasteiger partial charge on any atom is -0.395 e. The zero-order chi connectivity index (χ0) is 10.6. The molecule has 0 bridgehead atoms. The van der Waals surface area contributed by atoms with E-state index in [0.29, 0.717) is 6.54 Å². The van der Waals surface area contributed by atoms with Crippen LogP contribution in [0.15, 0.2) is 0 Å². The zero-order valence-electron chi connectivity index (χ0n) is 8.17. The summed E-state index contributed by atoms with van der Waals surface area (Å²) in [7, 11) is -3.92. The van der Waals surface area contributed by atoms with Gasteiger partial charge >= 0.3 is 7.60 Å². The molecule has 3 N–H and O–H groups in total. The number of aliphatic hydroxyl groups excluding tert-OH is 1. The molecular weight excluding hydrogens is 205 g/mol. The molecule has 1 aliphatic rings. The Balaban J connectivity index is 2.49. The summed E-state index contributed by atoms with van der Waals surface area (Å²) in [5.41, 5.74) is 0. The molecule has 5 nitrogen and oxygen atoms in total. The lowest BCUT2D eigenvalue weighted by atomic mass is 10.0. The summed E-state index contributed by atoms with van der Waals surface area (Å²) in [6, 6.07) is -0.0586. The molecule has 6 heteroatoms. The van der Waals surface area contributed by atoms with Crippen LogP contribution >= 0.6 is 7.60 Å². The molecule has 1 aliphatic heterocycles. The van der Waals surface area contributed by atoms with Gasteiger partial charge in [-0.1, -0.05) is 6.42 Å². The van der Waals surface area contributed by atoms with Crippen LogP contribution in [-0.2, 0) is 4.57 Å². The smallest absolute Gasteiger partial charge is 0.327 e. The van der Waals surface area contributed by atoms with Gasteiger partial charge in [-0.3, -0.25) is 9.46 Å². The van der Waals surface area contributed by atoms with Crippen molar-refractivity contribution in [3.63, 3.8) is 0 Å². The van der Waals surface area contributed by atoms with Crippen molar-refractivity contribution >= 4 is 7.60 Å². The third-order valence-electron chi connectivity index (χ3n) is 2.58. The van der Waals surface area contributed by atoms with Crippen LogP contribution in [0.1, 0.15) is 19.3 Å². The van der Waals surface area contributed by atoms with E-state index in [9.17, 15) is 4.57 Å². The molecule has 0 aliphatic carbocycles. The van der Waals surface area contributed by atoms with Crippen LogP contribution in [0.2, 0.25) is 0 Å². The van der Waals surface area contributed by atoms with E-state index >= 15 is 0 Å². The van der Waals surface area contributed by atoms with Gasteiger partial charge in [-0.2, -0.15) is 0 Å². The summed E-state index contributed by atoms with van der Waals surface area (Å²) in [4.78, 5) is 19.7. The topological polar surface area (TPSA) is 81.0 Å². The maximum absolute atomic E-state index is 10.9. The third kappa shape index (κ3) is 4.07. The SMILES string of the molecule is O=P(O)(O)CC1CCCCN1CCO. The van der Waals surface area contributed by atoms with Crippen LogP contribution in [0.25, 0.3) is 0 Å². The largest absolute Gasteiger partial charge is 0.395 e. The molecule has 0 spiro atoms. The van der Waals surface area contributed by atoms with Crippen molar-refractivity contribution in [3.05, 3.63) is 0 Å². The van der Waals surface area contributed by atoms with Crippen LogP contribution in [0.3, 0.4) is 0 Å². The highest BCUT2D eigenvalue weighted by Crippen LogP contribution is 2.38. The fourth-order valence-electron chi connectivity index (χ4n) is 1.96. The van der Waals surface area contributed by atoms with E-state index in [1.165, 1.54) is 0 Å².